The number of ether oxygens (including phenoxy) is 1. The molecular weight excluding hydrogens is 436 g/mol. The number of hydrogen-bond acceptors (Lipinski definition) is 4. The van der Waals surface area contributed by atoms with Gasteiger partial charge >= 0.3 is 5.97 Å². The number of hydrogen-bond donors (Lipinski definition) is 1. The fraction of sp³-hybridized carbons (Fsp3) is 0.871. The van der Waals surface area contributed by atoms with Gasteiger partial charge in [-0.15, -0.1) is 0 Å². The molecule has 5 aliphatic rings. The summed E-state index contributed by atoms with van der Waals surface area (Å²) in [6, 6.07) is 0. The number of rotatable bonds is 2. The molecule has 0 aliphatic heterocycles. The Hall–Kier alpha value is -1.16. The summed E-state index contributed by atoms with van der Waals surface area (Å²) in [5.74, 6) is 2.02. The van der Waals surface area contributed by atoms with E-state index < -0.39 is 11.5 Å². The minimum atomic E-state index is -0.847. The molecule has 4 unspecified atom stereocenters. The van der Waals surface area contributed by atoms with E-state index in [1.165, 1.54) is 5.57 Å². The zero-order valence-electron chi connectivity index (χ0n) is 23.2. The quantitative estimate of drug-likeness (QED) is 0.366. The predicted octanol–water partition coefficient (Wildman–Crippen LogP) is 6.36. The van der Waals surface area contributed by atoms with Crippen molar-refractivity contribution in [2.24, 2.45) is 56.7 Å². The minimum Gasteiger partial charge on any atom is -0.469 e. The van der Waals surface area contributed by atoms with Gasteiger partial charge in [0.2, 0.25) is 0 Å². The lowest BCUT2D eigenvalue weighted by Gasteiger charge is -2.72. The van der Waals surface area contributed by atoms with Crippen molar-refractivity contribution in [1.29, 1.82) is 0 Å². The molecular formula is C31H48O4. The van der Waals surface area contributed by atoms with Crippen LogP contribution in [0.2, 0.25) is 0 Å². The number of carbonyl (C=O) groups is 2. The van der Waals surface area contributed by atoms with Crippen LogP contribution in [0.4, 0.5) is 0 Å². The molecule has 0 spiro atoms. The molecule has 1 N–H and O–H groups in total. The summed E-state index contributed by atoms with van der Waals surface area (Å²) in [5, 5.41) is 10.9. The largest absolute Gasteiger partial charge is 0.469 e. The van der Waals surface area contributed by atoms with Crippen LogP contribution in [0.15, 0.2) is 12.2 Å². The van der Waals surface area contributed by atoms with Crippen LogP contribution >= 0.6 is 0 Å². The Balaban J connectivity index is 1.58. The number of carbonyl (C=O) groups excluding carboxylic acids is 2. The molecule has 0 radical (unpaired) electrons. The van der Waals surface area contributed by atoms with Crippen molar-refractivity contribution in [2.45, 2.75) is 105 Å². The van der Waals surface area contributed by atoms with Crippen molar-refractivity contribution >= 4 is 11.8 Å². The average Bonchev–Trinajstić information content (AvgIpc) is 3.18. The van der Waals surface area contributed by atoms with E-state index in [0.717, 1.165) is 51.4 Å². The summed E-state index contributed by atoms with van der Waals surface area (Å²) in [7, 11) is 1.56. The predicted molar refractivity (Wildman–Crippen MR) is 137 cm³/mol. The molecule has 196 valence electrons. The van der Waals surface area contributed by atoms with Gasteiger partial charge in [0.25, 0.3) is 0 Å². The molecule has 0 amide bonds. The van der Waals surface area contributed by atoms with Crippen LogP contribution in [0.1, 0.15) is 99.3 Å². The van der Waals surface area contributed by atoms with Gasteiger partial charge in [-0.2, -0.15) is 0 Å². The lowest BCUT2D eigenvalue weighted by Crippen LogP contribution is -2.68. The molecule has 5 aliphatic carbocycles. The number of fused-ring (bicyclic) bond motifs is 7. The molecule has 5 rings (SSSR count). The number of allylic oxidation sites excluding steroid dienone is 1. The van der Waals surface area contributed by atoms with Crippen LogP contribution < -0.4 is 0 Å². The highest BCUT2D eigenvalue weighted by Gasteiger charge is 2.72. The Morgan fingerprint density at radius 1 is 0.943 bits per heavy atom. The summed E-state index contributed by atoms with van der Waals surface area (Å²) in [6.07, 6.45) is 8.13. The maximum absolute atomic E-state index is 13.3. The lowest BCUT2D eigenvalue weighted by atomic mass is 9.32. The highest BCUT2D eigenvalue weighted by atomic mass is 16.5. The van der Waals surface area contributed by atoms with Gasteiger partial charge in [0, 0.05) is 5.41 Å². The third-order valence-electron chi connectivity index (χ3n) is 13.4. The number of ketones is 1. The van der Waals surface area contributed by atoms with Crippen LogP contribution in [0.5, 0.6) is 0 Å². The smallest absolute Gasteiger partial charge is 0.312 e. The van der Waals surface area contributed by atoms with Crippen molar-refractivity contribution in [1.82, 2.24) is 0 Å². The van der Waals surface area contributed by atoms with E-state index in [4.69, 9.17) is 4.74 Å². The molecule has 4 heteroatoms. The van der Waals surface area contributed by atoms with Crippen LogP contribution in [0.25, 0.3) is 0 Å². The second-order valence-corrected chi connectivity index (χ2v) is 14.6. The standard InChI is InChI=1S/C31H48O4/c1-18(2)19-11-14-31(26(34)35-8)16-15-29(6)20(24(19)31)9-10-23-28(5)17-21(32)25(33)27(3,4)22(28)12-13-30(23,29)7/h19-24,32H,1,9-17H2,2-8H3/t19-,20?,21+,22?,23?,24?,28-,29+,30+,31-/m0/s1. The van der Waals surface area contributed by atoms with E-state index in [2.05, 4.69) is 48.1 Å². The number of methoxy groups -OCH3 is 1. The van der Waals surface area contributed by atoms with Crippen molar-refractivity contribution in [2.75, 3.05) is 7.11 Å². The fourth-order valence-electron chi connectivity index (χ4n) is 11.6. The highest BCUT2D eigenvalue weighted by molar-refractivity contribution is 5.89. The molecule has 0 saturated heterocycles. The van der Waals surface area contributed by atoms with Gasteiger partial charge in [-0.25, -0.2) is 0 Å². The third kappa shape index (κ3) is 2.95. The number of esters is 1. The topological polar surface area (TPSA) is 63.6 Å². The van der Waals surface area contributed by atoms with E-state index in [1.807, 2.05) is 0 Å². The first kappa shape index (κ1) is 25.5. The van der Waals surface area contributed by atoms with Gasteiger partial charge in [0.05, 0.1) is 12.5 Å². The average molecular weight is 485 g/mol. The van der Waals surface area contributed by atoms with Gasteiger partial charge in [0.15, 0.2) is 5.78 Å². The van der Waals surface area contributed by atoms with Crippen LogP contribution in [0, 0.1) is 56.7 Å². The zero-order chi connectivity index (χ0) is 25.8. The molecule has 10 atom stereocenters. The molecule has 35 heavy (non-hydrogen) atoms. The first-order valence-electron chi connectivity index (χ1n) is 14.2. The van der Waals surface area contributed by atoms with Gasteiger partial charge in [0.1, 0.15) is 6.10 Å². The van der Waals surface area contributed by atoms with Gasteiger partial charge in [-0.1, -0.05) is 46.8 Å². The number of aliphatic hydroxyl groups excluding tert-OH is 1. The SMILES string of the molecule is C=C(C)[C@@H]1CC[C@]2(C(=O)OC)CC[C@]3(C)C(CCC4[C@@]5(C)C[C@@H](O)C(=O)C(C)(C)C5CC[C@]43C)C12. The van der Waals surface area contributed by atoms with Crippen LogP contribution in [-0.2, 0) is 14.3 Å². The minimum absolute atomic E-state index is 0.00640. The lowest BCUT2D eigenvalue weighted by molar-refractivity contribution is -0.241. The van der Waals surface area contributed by atoms with E-state index in [9.17, 15) is 14.7 Å². The Bertz CT molecular complexity index is 952. The maximum Gasteiger partial charge on any atom is 0.312 e. The van der Waals surface area contributed by atoms with E-state index in [0.29, 0.717) is 36.0 Å². The van der Waals surface area contributed by atoms with Gasteiger partial charge in [-0.05, 0) is 111 Å². The van der Waals surface area contributed by atoms with Crippen molar-refractivity contribution in [3.05, 3.63) is 12.2 Å². The fourth-order valence-corrected chi connectivity index (χ4v) is 11.6. The normalized spacial score (nSPS) is 52.5. The molecule has 0 aromatic heterocycles. The highest BCUT2D eigenvalue weighted by Crippen LogP contribution is 2.77. The first-order chi connectivity index (χ1) is 16.2. The van der Waals surface area contributed by atoms with E-state index in [1.54, 1.807) is 7.11 Å². The Kier molecular flexibility index (Phi) is 5.59. The third-order valence-corrected chi connectivity index (χ3v) is 13.4. The summed E-state index contributed by atoms with van der Waals surface area (Å²) < 4.78 is 5.47. The van der Waals surface area contributed by atoms with E-state index in [-0.39, 0.29) is 33.4 Å². The maximum atomic E-state index is 13.3. The number of aliphatic hydroxyl groups is 1. The summed E-state index contributed by atoms with van der Waals surface area (Å²) in [4.78, 5) is 26.4. The summed E-state index contributed by atoms with van der Waals surface area (Å²) in [6.45, 7) is 18.2. The summed E-state index contributed by atoms with van der Waals surface area (Å²) >= 11 is 0. The van der Waals surface area contributed by atoms with Crippen LogP contribution in [0.3, 0.4) is 0 Å². The van der Waals surface area contributed by atoms with Crippen molar-refractivity contribution in [3.8, 4) is 0 Å². The second kappa shape index (κ2) is 7.68. The molecule has 0 aromatic rings. The van der Waals surface area contributed by atoms with Crippen molar-refractivity contribution in [3.63, 3.8) is 0 Å². The molecule has 5 fully saturated rings. The second-order valence-electron chi connectivity index (χ2n) is 14.6. The molecule has 4 nitrogen and oxygen atoms in total. The Morgan fingerprint density at radius 2 is 1.63 bits per heavy atom. The van der Waals surface area contributed by atoms with E-state index >= 15 is 0 Å². The van der Waals surface area contributed by atoms with Crippen LogP contribution in [-0.4, -0.2) is 30.1 Å². The molecule has 0 heterocycles. The summed E-state index contributed by atoms with van der Waals surface area (Å²) in [5.41, 5.74) is 0.598. The molecule has 0 aromatic carbocycles. The number of Topliss-reactive ketones (excluding diaryl/α,β-unsaturated/α-hetero) is 1. The van der Waals surface area contributed by atoms with Gasteiger partial charge in [-0.3, -0.25) is 9.59 Å². The molecule has 0 bridgehead atoms. The van der Waals surface area contributed by atoms with Crippen molar-refractivity contribution < 1.29 is 19.4 Å². The molecule has 5 saturated carbocycles. The zero-order valence-corrected chi connectivity index (χ0v) is 23.2. The van der Waals surface area contributed by atoms with Gasteiger partial charge < -0.3 is 9.84 Å². The first-order valence-corrected chi connectivity index (χ1v) is 14.2. The Labute approximate surface area is 212 Å². The monoisotopic (exact) mass is 484 g/mol. The Morgan fingerprint density at radius 3 is 2.26 bits per heavy atom.